The Morgan fingerprint density at radius 1 is 1.26 bits per heavy atom. The Balaban J connectivity index is 1.69. The molecule has 0 saturated carbocycles. The molecule has 120 valence electrons. The fourth-order valence-corrected chi connectivity index (χ4v) is 2.87. The number of nitrogens with two attached hydrogens (primary N) is 1. The Labute approximate surface area is 135 Å². The zero-order valence-electron chi connectivity index (χ0n) is 13.2. The fraction of sp³-hybridized carbons (Fsp3) is 0.278. The molecule has 0 saturated heterocycles. The maximum Gasteiger partial charge on any atom is 0.193 e. The minimum atomic E-state index is 0.101. The van der Waals surface area contributed by atoms with Crippen LogP contribution >= 0.6 is 0 Å². The number of fused-ring (bicyclic) bond motifs is 1. The zero-order chi connectivity index (χ0) is 16.2. The van der Waals surface area contributed by atoms with Crippen LogP contribution in [0.2, 0.25) is 0 Å². The standard InChI is InChI=1S/C18H21N3O2/c1-23-16-7-3-6-14(17(16)22)11-20-18(19)21-15-9-8-12-4-2-5-13(12)10-15/h3,6-10,22H,2,4-5,11H2,1H3,(H3,19,20,21). The number of phenols is 1. The van der Waals surface area contributed by atoms with E-state index < -0.39 is 0 Å². The maximum atomic E-state index is 10.0. The van der Waals surface area contributed by atoms with Gasteiger partial charge in [-0.15, -0.1) is 0 Å². The molecular weight excluding hydrogens is 290 g/mol. The molecule has 23 heavy (non-hydrogen) atoms. The van der Waals surface area contributed by atoms with Crippen molar-refractivity contribution in [1.82, 2.24) is 0 Å². The van der Waals surface area contributed by atoms with Crippen LogP contribution in [0.4, 0.5) is 5.69 Å². The third kappa shape index (κ3) is 3.39. The first kappa shape index (κ1) is 15.2. The number of benzene rings is 2. The van der Waals surface area contributed by atoms with E-state index in [0.29, 0.717) is 17.3 Å². The molecule has 0 radical (unpaired) electrons. The lowest BCUT2D eigenvalue weighted by Gasteiger charge is -2.09. The highest BCUT2D eigenvalue weighted by molar-refractivity contribution is 5.92. The number of hydrogen-bond donors (Lipinski definition) is 3. The molecule has 1 aliphatic rings. The summed E-state index contributed by atoms with van der Waals surface area (Å²) in [5.74, 6) is 0.858. The Morgan fingerprint density at radius 3 is 2.91 bits per heavy atom. The quantitative estimate of drug-likeness (QED) is 0.599. The highest BCUT2D eigenvalue weighted by Gasteiger charge is 2.11. The Morgan fingerprint density at radius 2 is 2.09 bits per heavy atom. The summed E-state index contributed by atoms with van der Waals surface area (Å²) in [4.78, 5) is 4.29. The molecule has 3 rings (SSSR count). The molecule has 5 heteroatoms. The summed E-state index contributed by atoms with van der Waals surface area (Å²) < 4.78 is 5.09. The summed E-state index contributed by atoms with van der Waals surface area (Å²) in [7, 11) is 1.52. The second-order valence-electron chi connectivity index (χ2n) is 5.63. The van der Waals surface area contributed by atoms with Gasteiger partial charge < -0.3 is 20.9 Å². The van der Waals surface area contributed by atoms with Crippen molar-refractivity contribution < 1.29 is 9.84 Å². The van der Waals surface area contributed by atoms with Crippen LogP contribution in [0, 0.1) is 0 Å². The van der Waals surface area contributed by atoms with Gasteiger partial charge in [0.15, 0.2) is 17.5 Å². The molecule has 0 unspecified atom stereocenters. The highest BCUT2D eigenvalue weighted by Crippen LogP contribution is 2.29. The van der Waals surface area contributed by atoms with Crippen molar-refractivity contribution in [1.29, 1.82) is 0 Å². The van der Waals surface area contributed by atoms with Crippen molar-refractivity contribution in [2.45, 2.75) is 25.8 Å². The molecule has 0 fully saturated rings. The van der Waals surface area contributed by atoms with Gasteiger partial charge in [-0.25, -0.2) is 4.99 Å². The summed E-state index contributed by atoms with van der Waals surface area (Å²) in [6.45, 7) is 0.285. The van der Waals surface area contributed by atoms with Gasteiger partial charge in [-0.3, -0.25) is 0 Å². The van der Waals surface area contributed by atoms with Crippen LogP contribution in [0.3, 0.4) is 0 Å². The number of aliphatic imine (C=N–C) groups is 1. The molecule has 0 aromatic heterocycles. The second-order valence-corrected chi connectivity index (χ2v) is 5.63. The minimum Gasteiger partial charge on any atom is -0.504 e. The predicted octanol–water partition coefficient (Wildman–Crippen LogP) is 2.82. The van der Waals surface area contributed by atoms with Crippen LogP contribution in [0.25, 0.3) is 0 Å². The smallest absolute Gasteiger partial charge is 0.193 e. The summed E-state index contributed by atoms with van der Waals surface area (Å²) >= 11 is 0. The van der Waals surface area contributed by atoms with Crippen LogP contribution in [-0.4, -0.2) is 18.2 Å². The van der Waals surface area contributed by atoms with Gasteiger partial charge in [0, 0.05) is 11.3 Å². The van der Waals surface area contributed by atoms with E-state index in [1.54, 1.807) is 12.1 Å². The first-order chi connectivity index (χ1) is 11.2. The van der Waals surface area contributed by atoms with Crippen molar-refractivity contribution >= 4 is 11.6 Å². The summed E-state index contributed by atoms with van der Waals surface area (Å²) in [6.07, 6.45) is 3.51. The fourth-order valence-electron chi connectivity index (χ4n) is 2.87. The van der Waals surface area contributed by atoms with E-state index in [0.717, 1.165) is 18.5 Å². The number of rotatable bonds is 4. The summed E-state index contributed by atoms with van der Waals surface area (Å²) in [5, 5.41) is 13.1. The largest absolute Gasteiger partial charge is 0.504 e. The molecule has 0 spiro atoms. The molecule has 5 nitrogen and oxygen atoms in total. The Hall–Kier alpha value is -2.69. The van der Waals surface area contributed by atoms with E-state index in [1.165, 1.54) is 24.7 Å². The normalized spacial score (nSPS) is 13.7. The number of guanidine groups is 1. The number of methoxy groups -OCH3 is 1. The second kappa shape index (κ2) is 6.60. The molecule has 2 aromatic carbocycles. The molecule has 0 bridgehead atoms. The lowest BCUT2D eigenvalue weighted by molar-refractivity contribution is 0.370. The number of aromatic hydroxyl groups is 1. The minimum absolute atomic E-state index is 0.101. The van der Waals surface area contributed by atoms with Gasteiger partial charge in [-0.2, -0.15) is 0 Å². The topological polar surface area (TPSA) is 79.9 Å². The lowest BCUT2D eigenvalue weighted by atomic mass is 10.1. The van der Waals surface area contributed by atoms with E-state index in [2.05, 4.69) is 22.4 Å². The van der Waals surface area contributed by atoms with Crippen molar-refractivity contribution in [2.24, 2.45) is 10.7 Å². The number of anilines is 1. The maximum absolute atomic E-state index is 10.0. The third-order valence-corrected chi connectivity index (χ3v) is 4.09. The molecular formula is C18H21N3O2. The van der Waals surface area contributed by atoms with E-state index in [4.69, 9.17) is 10.5 Å². The first-order valence-corrected chi connectivity index (χ1v) is 7.71. The average molecular weight is 311 g/mol. The third-order valence-electron chi connectivity index (χ3n) is 4.09. The van der Waals surface area contributed by atoms with Gasteiger partial charge in [-0.1, -0.05) is 18.2 Å². The van der Waals surface area contributed by atoms with Crippen LogP contribution in [0.1, 0.15) is 23.1 Å². The monoisotopic (exact) mass is 311 g/mol. The SMILES string of the molecule is COc1cccc(CN=C(N)Nc2ccc3c(c2)CCC3)c1O. The van der Waals surface area contributed by atoms with Crippen molar-refractivity contribution in [3.05, 3.63) is 53.1 Å². The van der Waals surface area contributed by atoms with Crippen LogP contribution < -0.4 is 15.8 Å². The highest BCUT2D eigenvalue weighted by atomic mass is 16.5. The van der Waals surface area contributed by atoms with Crippen LogP contribution in [0.5, 0.6) is 11.5 Å². The van der Waals surface area contributed by atoms with E-state index >= 15 is 0 Å². The van der Waals surface area contributed by atoms with Gasteiger partial charge in [0.25, 0.3) is 0 Å². The number of aryl methyl sites for hydroxylation is 2. The van der Waals surface area contributed by atoms with E-state index in [-0.39, 0.29) is 12.3 Å². The molecule has 0 heterocycles. The Kier molecular flexibility index (Phi) is 4.37. The van der Waals surface area contributed by atoms with Gasteiger partial charge in [0.1, 0.15) is 0 Å². The molecule has 4 N–H and O–H groups in total. The number of nitrogens with one attached hydrogen (secondary N) is 1. The van der Waals surface area contributed by atoms with Gasteiger partial charge in [0.05, 0.1) is 13.7 Å². The number of para-hydroxylation sites is 1. The molecule has 0 amide bonds. The van der Waals surface area contributed by atoms with Gasteiger partial charge >= 0.3 is 0 Å². The predicted molar refractivity (Wildman–Crippen MR) is 92.1 cm³/mol. The average Bonchev–Trinajstić information content (AvgIpc) is 3.01. The summed E-state index contributed by atoms with van der Waals surface area (Å²) in [6, 6.07) is 11.6. The number of phenolic OH excluding ortho intramolecular Hbond substituents is 1. The first-order valence-electron chi connectivity index (χ1n) is 7.71. The van der Waals surface area contributed by atoms with Crippen LogP contribution in [0.15, 0.2) is 41.4 Å². The van der Waals surface area contributed by atoms with Crippen molar-refractivity contribution in [3.63, 3.8) is 0 Å². The number of ether oxygens (including phenoxy) is 1. The van der Waals surface area contributed by atoms with Gasteiger partial charge in [-0.05, 0) is 48.6 Å². The molecule has 2 aromatic rings. The molecule has 0 atom stereocenters. The molecule has 1 aliphatic carbocycles. The van der Waals surface area contributed by atoms with Crippen LogP contribution in [-0.2, 0) is 19.4 Å². The summed E-state index contributed by atoms with van der Waals surface area (Å²) in [5.41, 5.74) is 10.4. The van der Waals surface area contributed by atoms with Crippen molar-refractivity contribution in [3.8, 4) is 11.5 Å². The van der Waals surface area contributed by atoms with Crippen molar-refractivity contribution in [2.75, 3.05) is 12.4 Å². The van der Waals surface area contributed by atoms with E-state index in [1.807, 2.05) is 12.1 Å². The number of nitrogens with zero attached hydrogens (tertiary/aromatic N) is 1. The number of hydrogen-bond acceptors (Lipinski definition) is 3. The zero-order valence-corrected chi connectivity index (χ0v) is 13.2. The lowest BCUT2D eigenvalue weighted by Crippen LogP contribution is -2.22. The van der Waals surface area contributed by atoms with Gasteiger partial charge in [0.2, 0.25) is 0 Å². The van der Waals surface area contributed by atoms with E-state index in [9.17, 15) is 5.11 Å². The Bertz CT molecular complexity index is 741. The molecule has 0 aliphatic heterocycles.